The van der Waals surface area contributed by atoms with Crippen LogP contribution in [0.2, 0.25) is 0 Å². The van der Waals surface area contributed by atoms with E-state index < -0.39 is 0 Å². The minimum absolute atomic E-state index is 0.604. The highest BCUT2D eigenvalue weighted by Gasteiger charge is 2.23. The Balaban J connectivity index is 2.27. The predicted octanol–water partition coefficient (Wildman–Crippen LogP) is 1.79. The Bertz CT molecular complexity index is 188. The van der Waals surface area contributed by atoms with Crippen molar-refractivity contribution >= 4 is 0 Å². The monoisotopic (exact) mass is 241 g/mol. The van der Waals surface area contributed by atoms with Gasteiger partial charge in [-0.05, 0) is 39.8 Å². The molecule has 1 rings (SSSR count). The van der Waals surface area contributed by atoms with Crippen LogP contribution in [0.1, 0.15) is 40.5 Å². The Morgan fingerprint density at radius 3 is 2.18 bits per heavy atom. The Morgan fingerprint density at radius 2 is 1.65 bits per heavy atom. The summed E-state index contributed by atoms with van der Waals surface area (Å²) in [4.78, 5) is 5.23. The van der Waals surface area contributed by atoms with E-state index in [9.17, 15) is 0 Å². The molecule has 0 bridgehead atoms. The number of nitrogens with zero attached hydrogens (tertiary/aromatic N) is 2. The third-order valence-electron chi connectivity index (χ3n) is 3.96. The molecule has 102 valence electrons. The van der Waals surface area contributed by atoms with Gasteiger partial charge in [-0.2, -0.15) is 0 Å². The summed E-state index contributed by atoms with van der Waals surface area (Å²) in [6, 6.07) is 1.26. The summed E-state index contributed by atoms with van der Waals surface area (Å²) in [5.41, 5.74) is 0. The van der Waals surface area contributed by atoms with Crippen LogP contribution >= 0.6 is 0 Å². The molecule has 0 radical (unpaired) electrons. The predicted molar refractivity (Wildman–Crippen MR) is 75.5 cm³/mol. The fourth-order valence-corrected chi connectivity index (χ4v) is 2.57. The van der Waals surface area contributed by atoms with E-state index in [0.717, 1.165) is 6.54 Å². The summed E-state index contributed by atoms with van der Waals surface area (Å²) in [6.45, 7) is 16.6. The molecular formula is C14H31N3. The Kier molecular flexibility index (Phi) is 7.09. The van der Waals surface area contributed by atoms with Gasteiger partial charge in [0, 0.05) is 38.3 Å². The van der Waals surface area contributed by atoms with E-state index in [2.05, 4.69) is 42.8 Å². The van der Waals surface area contributed by atoms with Crippen molar-refractivity contribution in [2.45, 2.75) is 52.6 Å². The third kappa shape index (κ3) is 4.94. The number of rotatable bonds is 7. The molecular weight excluding hydrogens is 210 g/mol. The smallest absolute Gasteiger partial charge is 0.0219 e. The van der Waals surface area contributed by atoms with Crippen molar-refractivity contribution in [3.63, 3.8) is 0 Å². The molecule has 2 unspecified atom stereocenters. The topological polar surface area (TPSA) is 18.5 Å². The molecule has 0 aliphatic carbocycles. The summed E-state index contributed by atoms with van der Waals surface area (Å²) in [6.07, 6.45) is 2.51. The van der Waals surface area contributed by atoms with Gasteiger partial charge in [0.1, 0.15) is 0 Å². The Labute approximate surface area is 108 Å². The van der Waals surface area contributed by atoms with Crippen LogP contribution in [0, 0.1) is 0 Å². The molecule has 1 fully saturated rings. The first-order valence-corrected chi connectivity index (χ1v) is 7.38. The molecule has 2 atom stereocenters. The summed E-state index contributed by atoms with van der Waals surface area (Å²) in [5.74, 6) is 0. The SMILES string of the molecule is CCCNC(C)C(C)N1CCN(CCC)CC1. The molecule has 0 aromatic heterocycles. The average molecular weight is 241 g/mol. The summed E-state index contributed by atoms with van der Waals surface area (Å²) < 4.78 is 0. The molecule has 17 heavy (non-hydrogen) atoms. The van der Waals surface area contributed by atoms with Crippen molar-refractivity contribution in [1.29, 1.82) is 0 Å². The second-order valence-electron chi connectivity index (χ2n) is 5.36. The quantitative estimate of drug-likeness (QED) is 0.733. The van der Waals surface area contributed by atoms with Crippen LogP contribution in [0.25, 0.3) is 0 Å². The molecule has 1 aliphatic rings. The van der Waals surface area contributed by atoms with Crippen LogP contribution in [0.3, 0.4) is 0 Å². The number of hydrogen-bond acceptors (Lipinski definition) is 3. The van der Waals surface area contributed by atoms with Crippen LogP contribution < -0.4 is 5.32 Å². The number of nitrogens with one attached hydrogen (secondary N) is 1. The van der Waals surface area contributed by atoms with E-state index in [4.69, 9.17) is 0 Å². The van der Waals surface area contributed by atoms with Gasteiger partial charge in [-0.25, -0.2) is 0 Å². The largest absolute Gasteiger partial charge is 0.313 e. The minimum atomic E-state index is 0.604. The highest BCUT2D eigenvalue weighted by Crippen LogP contribution is 2.09. The number of hydrogen-bond donors (Lipinski definition) is 1. The maximum atomic E-state index is 3.61. The molecule has 1 N–H and O–H groups in total. The van der Waals surface area contributed by atoms with Gasteiger partial charge in [0.25, 0.3) is 0 Å². The van der Waals surface area contributed by atoms with E-state index in [1.165, 1.54) is 45.6 Å². The van der Waals surface area contributed by atoms with Gasteiger partial charge in [-0.15, -0.1) is 0 Å². The number of piperazine rings is 1. The van der Waals surface area contributed by atoms with Crippen LogP contribution in [0.4, 0.5) is 0 Å². The lowest BCUT2D eigenvalue weighted by Crippen LogP contribution is -2.54. The van der Waals surface area contributed by atoms with E-state index in [0.29, 0.717) is 12.1 Å². The summed E-state index contributed by atoms with van der Waals surface area (Å²) >= 11 is 0. The Morgan fingerprint density at radius 1 is 1.00 bits per heavy atom. The van der Waals surface area contributed by atoms with Crippen LogP contribution in [-0.2, 0) is 0 Å². The molecule has 3 nitrogen and oxygen atoms in total. The lowest BCUT2D eigenvalue weighted by molar-refractivity contribution is 0.0886. The first-order valence-electron chi connectivity index (χ1n) is 7.38. The zero-order valence-electron chi connectivity index (χ0n) is 12.2. The van der Waals surface area contributed by atoms with Crippen molar-refractivity contribution < 1.29 is 0 Å². The second kappa shape index (κ2) is 8.06. The zero-order chi connectivity index (χ0) is 12.7. The fraction of sp³-hybridized carbons (Fsp3) is 1.00. The van der Waals surface area contributed by atoms with Gasteiger partial charge in [0.2, 0.25) is 0 Å². The standard InChI is InChI=1S/C14H31N3/c1-5-7-15-13(3)14(4)17-11-9-16(8-6-2)10-12-17/h13-15H,5-12H2,1-4H3. The van der Waals surface area contributed by atoms with E-state index >= 15 is 0 Å². The molecule has 0 aromatic rings. The van der Waals surface area contributed by atoms with E-state index in [-0.39, 0.29) is 0 Å². The highest BCUT2D eigenvalue weighted by atomic mass is 15.3. The van der Waals surface area contributed by atoms with Crippen LogP contribution in [0.5, 0.6) is 0 Å². The highest BCUT2D eigenvalue weighted by molar-refractivity contribution is 4.82. The maximum Gasteiger partial charge on any atom is 0.0219 e. The van der Waals surface area contributed by atoms with Crippen molar-refractivity contribution in [3.8, 4) is 0 Å². The van der Waals surface area contributed by atoms with Crippen molar-refractivity contribution in [2.75, 3.05) is 39.3 Å². The van der Waals surface area contributed by atoms with Gasteiger partial charge in [0.15, 0.2) is 0 Å². The van der Waals surface area contributed by atoms with Crippen molar-refractivity contribution in [3.05, 3.63) is 0 Å². The molecule has 1 aliphatic heterocycles. The van der Waals surface area contributed by atoms with Crippen molar-refractivity contribution in [1.82, 2.24) is 15.1 Å². The lowest BCUT2D eigenvalue weighted by atomic mass is 10.1. The third-order valence-corrected chi connectivity index (χ3v) is 3.96. The summed E-state index contributed by atoms with van der Waals surface area (Å²) in [5, 5.41) is 3.61. The van der Waals surface area contributed by atoms with E-state index in [1.54, 1.807) is 0 Å². The van der Waals surface area contributed by atoms with E-state index in [1.807, 2.05) is 0 Å². The second-order valence-corrected chi connectivity index (χ2v) is 5.36. The van der Waals surface area contributed by atoms with Crippen LogP contribution in [0.15, 0.2) is 0 Å². The molecule has 0 amide bonds. The van der Waals surface area contributed by atoms with Crippen molar-refractivity contribution in [2.24, 2.45) is 0 Å². The first kappa shape index (κ1) is 14.9. The molecule has 0 aromatic carbocycles. The first-order chi connectivity index (χ1) is 8.19. The van der Waals surface area contributed by atoms with Gasteiger partial charge in [-0.1, -0.05) is 13.8 Å². The minimum Gasteiger partial charge on any atom is -0.313 e. The normalized spacial score (nSPS) is 22.6. The Hall–Kier alpha value is -0.120. The van der Waals surface area contributed by atoms with Gasteiger partial charge in [-0.3, -0.25) is 4.90 Å². The maximum absolute atomic E-state index is 3.61. The molecule has 0 saturated carbocycles. The fourth-order valence-electron chi connectivity index (χ4n) is 2.57. The van der Waals surface area contributed by atoms with Gasteiger partial charge < -0.3 is 10.2 Å². The average Bonchev–Trinajstić information content (AvgIpc) is 2.36. The molecule has 3 heteroatoms. The van der Waals surface area contributed by atoms with Crippen LogP contribution in [-0.4, -0.2) is 61.2 Å². The summed E-state index contributed by atoms with van der Waals surface area (Å²) in [7, 11) is 0. The lowest BCUT2D eigenvalue weighted by Gasteiger charge is -2.40. The van der Waals surface area contributed by atoms with Gasteiger partial charge in [0.05, 0.1) is 0 Å². The molecule has 1 saturated heterocycles. The molecule has 1 heterocycles. The van der Waals surface area contributed by atoms with Gasteiger partial charge >= 0.3 is 0 Å². The zero-order valence-corrected chi connectivity index (χ0v) is 12.2. The molecule has 0 spiro atoms.